The van der Waals surface area contributed by atoms with E-state index >= 15 is 0 Å². The van der Waals surface area contributed by atoms with E-state index in [9.17, 15) is 21.2 Å². The van der Waals surface area contributed by atoms with E-state index in [4.69, 9.17) is 5.14 Å². The molecule has 0 amide bonds. The minimum Gasteiger partial charge on any atom is -0.229 e. The van der Waals surface area contributed by atoms with Crippen LogP contribution in [0.15, 0.2) is 27.6 Å². The zero-order valence-electron chi connectivity index (χ0n) is 9.64. The van der Waals surface area contributed by atoms with E-state index in [1.165, 1.54) is 12.1 Å². The summed E-state index contributed by atoms with van der Waals surface area (Å²) in [7, 11) is -7.48. The number of halogens is 2. The Bertz CT molecular complexity index is 661. The topological polar surface area (TPSA) is 106 Å². The summed E-state index contributed by atoms with van der Waals surface area (Å²) < 4.78 is 60.3. The molecule has 19 heavy (non-hydrogen) atoms. The molecule has 0 aliphatic carbocycles. The van der Waals surface area contributed by atoms with Crippen LogP contribution in [-0.4, -0.2) is 29.1 Å². The van der Waals surface area contributed by atoms with Gasteiger partial charge in [0, 0.05) is 6.54 Å². The summed E-state index contributed by atoms with van der Waals surface area (Å²) in [6.07, 6.45) is 0.0388. The van der Waals surface area contributed by atoms with E-state index in [1.54, 1.807) is 0 Å². The van der Waals surface area contributed by atoms with Crippen LogP contribution in [0.1, 0.15) is 6.42 Å². The van der Waals surface area contributed by atoms with E-state index in [2.05, 4.69) is 20.7 Å². The molecule has 0 heterocycles. The third kappa shape index (κ3) is 5.53. The molecule has 0 bridgehead atoms. The molecule has 3 N–H and O–H groups in total. The second-order valence-electron chi connectivity index (χ2n) is 3.69. The van der Waals surface area contributed by atoms with Crippen molar-refractivity contribution in [1.29, 1.82) is 0 Å². The Hall–Kier alpha value is -0.550. The monoisotopic (exact) mass is 374 g/mol. The third-order valence-corrected chi connectivity index (χ3v) is 5.06. The van der Waals surface area contributed by atoms with Crippen molar-refractivity contribution in [2.24, 2.45) is 5.14 Å². The third-order valence-electron chi connectivity index (χ3n) is 2.10. The maximum Gasteiger partial charge on any atom is 0.240 e. The highest BCUT2D eigenvalue weighted by atomic mass is 79.9. The molecule has 0 saturated heterocycles. The molecule has 0 aliphatic rings. The Morgan fingerprint density at radius 2 is 1.89 bits per heavy atom. The lowest BCUT2D eigenvalue weighted by molar-refractivity contribution is 0.573. The van der Waals surface area contributed by atoms with Gasteiger partial charge in [-0.25, -0.2) is 31.1 Å². The van der Waals surface area contributed by atoms with Crippen molar-refractivity contribution in [3.63, 3.8) is 0 Å². The molecule has 0 atom stereocenters. The van der Waals surface area contributed by atoms with Crippen LogP contribution in [0, 0.1) is 5.82 Å². The Morgan fingerprint density at radius 1 is 1.26 bits per heavy atom. The SMILES string of the molecule is NS(=O)(=O)CCCNS(=O)(=O)c1ccc(Br)c(F)c1. The number of rotatable bonds is 6. The first-order chi connectivity index (χ1) is 8.62. The van der Waals surface area contributed by atoms with E-state index in [0.717, 1.165) is 6.07 Å². The molecule has 0 unspecified atom stereocenters. The zero-order chi connectivity index (χ0) is 14.7. The summed E-state index contributed by atoms with van der Waals surface area (Å²) in [5.41, 5.74) is 0. The van der Waals surface area contributed by atoms with Crippen LogP contribution >= 0.6 is 15.9 Å². The Morgan fingerprint density at radius 3 is 2.42 bits per heavy atom. The fourth-order valence-electron chi connectivity index (χ4n) is 1.21. The first-order valence-electron chi connectivity index (χ1n) is 5.07. The van der Waals surface area contributed by atoms with E-state index < -0.39 is 25.9 Å². The van der Waals surface area contributed by atoms with Crippen molar-refractivity contribution in [3.8, 4) is 0 Å². The van der Waals surface area contributed by atoms with Crippen molar-refractivity contribution in [1.82, 2.24) is 4.72 Å². The summed E-state index contributed by atoms with van der Waals surface area (Å²) >= 11 is 2.91. The average molecular weight is 375 g/mol. The van der Waals surface area contributed by atoms with Gasteiger partial charge in [-0.2, -0.15) is 0 Å². The molecular formula is C9H12BrFN2O4S2. The maximum absolute atomic E-state index is 13.2. The van der Waals surface area contributed by atoms with Crippen LogP contribution in [0.2, 0.25) is 0 Å². The maximum atomic E-state index is 13.2. The molecule has 6 nitrogen and oxygen atoms in total. The van der Waals surface area contributed by atoms with E-state index in [-0.39, 0.29) is 28.1 Å². The van der Waals surface area contributed by atoms with Gasteiger partial charge in [-0.05, 0) is 40.5 Å². The molecule has 10 heteroatoms. The fourth-order valence-corrected chi connectivity index (χ4v) is 3.09. The molecule has 0 spiro atoms. The van der Waals surface area contributed by atoms with Gasteiger partial charge in [0.2, 0.25) is 20.0 Å². The van der Waals surface area contributed by atoms with Crippen LogP contribution in [0.4, 0.5) is 4.39 Å². The molecule has 0 aromatic heterocycles. The highest BCUT2D eigenvalue weighted by Crippen LogP contribution is 2.19. The van der Waals surface area contributed by atoms with Crippen LogP contribution in [0.25, 0.3) is 0 Å². The quantitative estimate of drug-likeness (QED) is 0.708. The Balaban J connectivity index is 2.68. The van der Waals surface area contributed by atoms with Gasteiger partial charge in [0.25, 0.3) is 0 Å². The molecule has 1 aromatic carbocycles. The first kappa shape index (κ1) is 16.5. The average Bonchev–Trinajstić information content (AvgIpc) is 2.27. The highest BCUT2D eigenvalue weighted by molar-refractivity contribution is 9.10. The van der Waals surface area contributed by atoms with Gasteiger partial charge in [0.15, 0.2) is 0 Å². The summed E-state index contributed by atoms with van der Waals surface area (Å²) in [6, 6.07) is 3.37. The van der Waals surface area contributed by atoms with Gasteiger partial charge >= 0.3 is 0 Å². The first-order valence-corrected chi connectivity index (χ1v) is 9.06. The van der Waals surface area contributed by atoms with Gasteiger partial charge in [-0.3, -0.25) is 0 Å². The normalized spacial score (nSPS) is 12.6. The van der Waals surface area contributed by atoms with Gasteiger partial charge in [-0.1, -0.05) is 0 Å². The molecule has 1 rings (SSSR count). The number of hydrogen-bond donors (Lipinski definition) is 2. The Labute approximate surface area is 119 Å². The lowest BCUT2D eigenvalue weighted by atomic mass is 10.3. The predicted molar refractivity (Wildman–Crippen MR) is 71.9 cm³/mol. The molecule has 0 radical (unpaired) electrons. The van der Waals surface area contributed by atoms with Crippen LogP contribution in [0.3, 0.4) is 0 Å². The van der Waals surface area contributed by atoms with Crippen molar-refractivity contribution in [2.45, 2.75) is 11.3 Å². The number of sulfonamides is 2. The largest absolute Gasteiger partial charge is 0.240 e. The number of hydrogen-bond acceptors (Lipinski definition) is 4. The number of nitrogens with one attached hydrogen (secondary N) is 1. The minimum atomic E-state index is -3.86. The van der Waals surface area contributed by atoms with Crippen LogP contribution in [-0.2, 0) is 20.0 Å². The second kappa shape index (κ2) is 6.27. The molecule has 0 saturated carbocycles. The smallest absolute Gasteiger partial charge is 0.229 e. The summed E-state index contributed by atoms with van der Waals surface area (Å²) in [6.45, 7) is -0.101. The van der Waals surface area contributed by atoms with Gasteiger partial charge in [0.05, 0.1) is 15.1 Å². The van der Waals surface area contributed by atoms with Gasteiger partial charge < -0.3 is 0 Å². The standard InChI is InChI=1S/C9H12BrFN2O4S2/c10-8-3-2-7(6-9(8)11)19(16,17)13-4-1-5-18(12,14)15/h2-3,6,13H,1,4-5H2,(H2,12,14,15). The van der Waals surface area contributed by atoms with Gasteiger partial charge in [-0.15, -0.1) is 0 Å². The lowest BCUT2D eigenvalue weighted by Crippen LogP contribution is -2.27. The lowest BCUT2D eigenvalue weighted by Gasteiger charge is -2.07. The summed E-state index contributed by atoms with van der Waals surface area (Å²) in [5.74, 6) is -1.03. The number of nitrogens with two attached hydrogens (primary N) is 1. The second-order valence-corrected chi connectivity index (χ2v) is 8.05. The number of benzene rings is 1. The highest BCUT2D eigenvalue weighted by Gasteiger charge is 2.15. The Kier molecular flexibility index (Phi) is 5.44. The summed E-state index contributed by atoms with van der Waals surface area (Å²) in [4.78, 5) is -0.233. The molecule has 1 aromatic rings. The van der Waals surface area contributed by atoms with Crippen molar-refractivity contribution >= 4 is 36.0 Å². The minimum absolute atomic E-state index is 0.0388. The van der Waals surface area contributed by atoms with Crippen molar-refractivity contribution in [3.05, 3.63) is 28.5 Å². The molecule has 0 aliphatic heterocycles. The van der Waals surface area contributed by atoms with Crippen molar-refractivity contribution in [2.75, 3.05) is 12.3 Å². The number of primary sulfonamides is 1. The van der Waals surface area contributed by atoms with E-state index in [1.807, 2.05) is 0 Å². The zero-order valence-corrected chi connectivity index (χ0v) is 12.9. The summed E-state index contributed by atoms with van der Waals surface area (Å²) in [5, 5.41) is 4.77. The molecular weight excluding hydrogens is 363 g/mol. The van der Waals surface area contributed by atoms with Crippen LogP contribution < -0.4 is 9.86 Å². The van der Waals surface area contributed by atoms with Crippen molar-refractivity contribution < 1.29 is 21.2 Å². The van der Waals surface area contributed by atoms with E-state index in [0.29, 0.717) is 0 Å². The molecule has 108 valence electrons. The van der Waals surface area contributed by atoms with Gasteiger partial charge in [0.1, 0.15) is 5.82 Å². The fraction of sp³-hybridized carbons (Fsp3) is 0.333. The van der Waals surface area contributed by atoms with Crippen LogP contribution in [0.5, 0.6) is 0 Å². The predicted octanol–water partition coefficient (Wildman–Crippen LogP) is 0.545. The molecule has 0 fully saturated rings.